The van der Waals surface area contributed by atoms with Crippen molar-refractivity contribution in [3.05, 3.63) is 66.3 Å². The molecule has 166 valence electrons. The van der Waals surface area contributed by atoms with E-state index >= 15 is 0 Å². The summed E-state index contributed by atoms with van der Waals surface area (Å²) >= 11 is 0. The molecule has 0 aliphatic carbocycles. The number of rotatable bonds is 11. The molecule has 0 aromatic heterocycles. The first kappa shape index (κ1) is 24.0. The Morgan fingerprint density at radius 1 is 1.13 bits per heavy atom. The topological polar surface area (TPSA) is 117 Å². The quantitative estimate of drug-likeness (QED) is 0.404. The van der Waals surface area contributed by atoms with Gasteiger partial charge in [0.2, 0.25) is 15.9 Å². The summed E-state index contributed by atoms with van der Waals surface area (Å²) in [6.45, 7) is 3.99. The van der Waals surface area contributed by atoms with Crippen molar-refractivity contribution in [3.63, 3.8) is 0 Å². The molecule has 3 N–H and O–H groups in total. The highest BCUT2D eigenvalue weighted by Crippen LogP contribution is 2.26. The molecule has 0 saturated heterocycles. The second-order valence-corrected chi connectivity index (χ2v) is 7.94. The molecule has 0 aliphatic heterocycles. The highest BCUT2D eigenvalue weighted by molar-refractivity contribution is 7.89. The summed E-state index contributed by atoms with van der Waals surface area (Å²) in [5.74, 6) is 1.10. The molecule has 2 rings (SSSR count). The summed E-state index contributed by atoms with van der Waals surface area (Å²) < 4.78 is 39.5. The van der Waals surface area contributed by atoms with Gasteiger partial charge in [-0.25, -0.2) is 13.6 Å². The number of amides is 1. The first-order chi connectivity index (χ1) is 14.8. The van der Waals surface area contributed by atoms with Crippen molar-refractivity contribution in [3.8, 4) is 17.2 Å². The Labute approximate surface area is 182 Å². The molecule has 31 heavy (non-hydrogen) atoms. The lowest BCUT2D eigenvalue weighted by Gasteiger charge is -2.11. The molecule has 0 bridgehead atoms. The van der Waals surface area contributed by atoms with E-state index in [4.69, 9.17) is 19.3 Å². The third kappa shape index (κ3) is 7.16. The molecule has 0 heterocycles. The average molecular weight is 447 g/mol. The number of hydrogen-bond acceptors (Lipinski definition) is 6. The SMILES string of the molecule is C=CCOc1ccc(CCNC(=O)C=Cc2ccc(OC)cc2OC)cc1S(N)(=O)=O. The van der Waals surface area contributed by atoms with Gasteiger partial charge in [0, 0.05) is 24.3 Å². The molecule has 9 heteroatoms. The molecule has 0 radical (unpaired) electrons. The minimum atomic E-state index is -3.96. The maximum absolute atomic E-state index is 12.1. The first-order valence-electron chi connectivity index (χ1n) is 9.36. The summed E-state index contributed by atoms with van der Waals surface area (Å²) in [6, 6.07) is 9.98. The molecule has 0 aliphatic rings. The Balaban J connectivity index is 1.99. The minimum Gasteiger partial charge on any atom is -0.497 e. The number of ether oxygens (including phenoxy) is 3. The van der Waals surface area contributed by atoms with Gasteiger partial charge in [-0.05, 0) is 42.3 Å². The lowest BCUT2D eigenvalue weighted by Crippen LogP contribution is -2.23. The van der Waals surface area contributed by atoms with Crippen LogP contribution < -0.4 is 24.7 Å². The lowest BCUT2D eigenvalue weighted by atomic mass is 10.1. The smallest absolute Gasteiger partial charge is 0.244 e. The normalized spacial score (nSPS) is 11.2. The predicted octanol–water partition coefficient (Wildman–Crippen LogP) is 2.29. The Morgan fingerprint density at radius 2 is 1.90 bits per heavy atom. The lowest BCUT2D eigenvalue weighted by molar-refractivity contribution is -0.116. The van der Waals surface area contributed by atoms with Gasteiger partial charge < -0.3 is 19.5 Å². The second-order valence-electron chi connectivity index (χ2n) is 6.41. The zero-order valence-electron chi connectivity index (χ0n) is 17.5. The standard InChI is InChI=1S/C22H26N2O6S/c1-4-13-30-19-9-5-16(14-21(19)31(23,26)27)11-12-24-22(25)10-7-17-6-8-18(28-2)15-20(17)29-3/h4-10,14-15H,1,11-13H2,2-3H3,(H,24,25)(H2,23,26,27). The number of nitrogens with one attached hydrogen (secondary N) is 1. The number of methoxy groups -OCH3 is 2. The number of nitrogens with two attached hydrogens (primary N) is 1. The summed E-state index contributed by atoms with van der Waals surface area (Å²) in [7, 11) is -0.859. The van der Waals surface area contributed by atoms with E-state index in [2.05, 4.69) is 11.9 Å². The van der Waals surface area contributed by atoms with E-state index in [9.17, 15) is 13.2 Å². The van der Waals surface area contributed by atoms with Crippen molar-refractivity contribution in [1.29, 1.82) is 0 Å². The molecular weight excluding hydrogens is 420 g/mol. The van der Waals surface area contributed by atoms with E-state index in [1.165, 1.54) is 31.4 Å². The van der Waals surface area contributed by atoms with Gasteiger partial charge in [0.15, 0.2) is 0 Å². The Morgan fingerprint density at radius 3 is 2.55 bits per heavy atom. The van der Waals surface area contributed by atoms with Gasteiger partial charge in [-0.2, -0.15) is 0 Å². The van der Waals surface area contributed by atoms with Crippen LogP contribution in [0.2, 0.25) is 0 Å². The van der Waals surface area contributed by atoms with Crippen LogP contribution in [0.5, 0.6) is 17.2 Å². The van der Waals surface area contributed by atoms with Gasteiger partial charge >= 0.3 is 0 Å². The number of carbonyl (C=O) groups is 1. The third-order valence-corrected chi connectivity index (χ3v) is 5.17. The summed E-state index contributed by atoms with van der Waals surface area (Å²) in [5.41, 5.74) is 1.42. The van der Waals surface area contributed by atoms with Gasteiger partial charge in [0.1, 0.15) is 28.8 Å². The molecule has 0 fully saturated rings. The molecular formula is C22H26N2O6S. The van der Waals surface area contributed by atoms with Gasteiger partial charge in [-0.1, -0.05) is 18.7 Å². The number of benzene rings is 2. The van der Waals surface area contributed by atoms with E-state index < -0.39 is 10.0 Å². The monoisotopic (exact) mass is 446 g/mol. The molecule has 0 spiro atoms. The third-order valence-electron chi connectivity index (χ3n) is 4.24. The van der Waals surface area contributed by atoms with Crippen molar-refractivity contribution in [2.75, 3.05) is 27.4 Å². The predicted molar refractivity (Wildman–Crippen MR) is 119 cm³/mol. The molecule has 0 unspecified atom stereocenters. The molecule has 0 atom stereocenters. The first-order valence-corrected chi connectivity index (χ1v) is 10.9. The maximum Gasteiger partial charge on any atom is 0.244 e. The highest BCUT2D eigenvalue weighted by Gasteiger charge is 2.16. The van der Waals surface area contributed by atoms with Gasteiger partial charge in [0.05, 0.1) is 14.2 Å². The molecule has 0 saturated carbocycles. The number of sulfonamides is 1. The average Bonchev–Trinajstić information content (AvgIpc) is 2.75. The highest BCUT2D eigenvalue weighted by atomic mass is 32.2. The summed E-state index contributed by atoms with van der Waals surface area (Å²) in [6.07, 6.45) is 4.95. The largest absolute Gasteiger partial charge is 0.497 e. The van der Waals surface area contributed by atoms with Crippen LogP contribution in [-0.2, 0) is 21.2 Å². The fourth-order valence-corrected chi connectivity index (χ4v) is 3.43. The molecule has 1 amide bonds. The van der Waals surface area contributed by atoms with Crippen LogP contribution in [0.4, 0.5) is 0 Å². The Bertz CT molecular complexity index is 1060. The van der Waals surface area contributed by atoms with E-state index in [1.54, 1.807) is 37.5 Å². The van der Waals surface area contributed by atoms with Crippen molar-refractivity contribution < 1.29 is 27.4 Å². The fraction of sp³-hybridized carbons (Fsp3) is 0.227. The molecule has 8 nitrogen and oxygen atoms in total. The van der Waals surface area contributed by atoms with Gasteiger partial charge in [-0.3, -0.25) is 4.79 Å². The van der Waals surface area contributed by atoms with Crippen LogP contribution in [-0.4, -0.2) is 41.7 Å². The minimum absolute atomic E-state index is 0.107. The van der Waals surface area contributed by atoms with Gasteiger partial charge in [0.25, 0.3) is 0 Å². The van der Waals surface area contributed by atoms with Gasteiger partial charge in [-0.15, -0.1) is 0 Å². The maximum atomic E-state index is 12.1. The Hall–Kier alpha value is -3.30. The van der Waals surface area contributed by atoms with Crippen LogP contribution >= 0.6 is 0 Å². The van der Waals surface area contributed by atoms with Crippen molar-refractivity contribution in [2.24, 2.45) is 5.14 Å². The van der Waals surface area contributed by atoms with Crippen LogP contribution in [0.25, 0.3) is 6.08 Å². The van der Waals surface area contributed by atoms with E-state index in [1.807, 2.05) is 0 Å². The Kier molecular flexibility index (Phi) is 8.65. The van der Waals surface area contributed by atoms with Crippen LogP contribution in [0, 0.1) is 0 Å². The van der Waals surface area contributed by atoms with Crippen LogP contribution in [0.15, 0.2) is 60.0 Å². The van der Waals surface area contributed by atoms with E-state index in [0.29, 0.717) is 30.0 Å². The fourth-order valence-electron chi connectivity index (χ4n) is 2.71. The van der Waals surface area contributed by atoms with Crippen LogP contribution in [0.1, 0.15) is 11.1 Å². The van der Waals surface area contributed by atoms with Crippen LogP contribution in [0.3, 0.4) is 0 Å². The van der Waals surface area contributed by atoms with Crippen molar-refractivity contribution >= 4 is 22.0 Å². The zero-order chi connectivity index (χ0) is 22.9. The van der Waals surface area contributed by atoms with E-state index in [0.717, 1.165) is 5.56 Å². The summed E-state index contributed by atoms with van der Waals surface area (Å²) in [4.78, 5) is 12.0. The summed E-state index contributed by atoms with van der Waals surface area (Å²) in [5, 5.41) is 8.03. The second kappa shape index (κ2) is 11.2. The number of carbonyl (C=O) groups excluding carboxylic acids is 1. The number of primary sulfonamides is 1. The zero-order valence-corrected chi connectivity index (χ0v) is 18.3. The van der Waals surface area contributed by atoms with E-state index in [-0.39, 0.29) is 23.2 Å². The molecule has 2 aromatic rings. The number of hydrogen-bond donors (Lipinski definition) is 2. The van der Waals surface area contributed by atoms with Crippen molar-refractivity contribution in [2.45, 2.75) is 11.3 Å². The molecule has 2 aromatic carbocycles. The van der Waals surface area contributed by atoms with Crippen molar-refractivity contribution in [1.82, 2.24) is 5.32 Å².